The van der Waals surface area contributed by atoms with E-state index in [1.807, 2.05) is 0 Å². The average molecular weight is 286 g/mol. The van der Waals surface area contributed by atoms with Crippen molar-refractivity contribution in [2.45, 2.75) is 19.8 Å². The van der Waals surface area contributed by atoms with Gasteiger partial charge in [0.05, 0.1) is 0 Å². The van der Waals surface area contributed by atoms with Crippen molar-refractivity contribution in [3.63, 3.8) is 0 Å². The normalized spacial score (nSPS) is 15.4. The summed E-state index contributed by atoms with van der Waals surface area (Å²) in [5, 5.41) is 0. The molecule has 8 heavy (non-hydrogen) atoms. The van der Waals surface area contributed by atoms with Gasteiger partial charge in [0, 0.05) is 20.1 Å². The molecule has 0 nitrogen and oxygen atoms in total. The van der Waals surface area contributed by atoms with E-state index in [0.29, 0.717) is 0 Å². The first-order valence-electron chi connectivity index (χ1n) is 2.78. The minimum Gasteiger partial charge on any atom is -0.0805 e. The summed E-state index contributed by atoms with van der Waals surface area (Å²) in [4.78, 5) is 0. The van der Waals surface area contributed by atoms with Crippen LogP contribution in [0.3, 0.4) is 0 Å². The van der Waals surface area contributed by atoms with Crippen LogP contribution < -0.4 is 0 Å². The minimum atomic E-state index is 0. The van der Waals surface area contributed by atoms with Crippen molar-refractivity contribution in [1.29, 1.82) is 0 Å². The van der Waals surface area contributed by atoms with Gasteiger partial charge in [-0.3, -0.25) is 0 Å². The van der Waals surface area contributed by atoms with E-state index >= 15 is 0 Å². The molecule has 0 saturated heterocycles. The zero-order valence-electron chi connectivity index (χ0n) is 4.98. The van der Waals surface area contributed by atoms with E-state index in [0.717, 1.165) is 0 Å². The quantitative estimate of drug-likeness (QED) is 0.694. The minimum absolute atomic E-state index is 0. The van der Waals surface area contributed by atoms with E-state index in [4.69, 9.17) is 0 Å². The maximum Gasteiger partial charge on any atom is 0 e. The first-order chi connectivity index (χ1) is 3.43. The zero-order chi connectivity index (χ0) is 5.11. The van der Waals surface area contributed by atoms with E-state index < -0.39 is 0 Å². The second-order valence-corrected chi connectivity index (χ2v) is 1.81. The van der Waals surface area contributed by atoms with Crippen molar-refractivity contribution in [2.24, 2.45) is 0 Å². The van der Waals surface area contributed by atoms with Crippen LogP contribution in [0.4, 0.5) is 0 Å². The van der Waals surface area contributed by atoms with Crippen molar-refractivity contribution in [1.82, 2.24) is 0 Å². The molecule has 0 amide bonds. The summed E-state index contributed by atoms with van der Waals surface area (Å²) in [7, 11) is 0. The van der Waals surface area contributed by atoms with Gasteiger partial charge in [-0.25, -0.2) is 0 Å². The SMILES string of the molecule is CCC1=CC=CC1.[Ir]. The van der Waals surface area contributed by atoms with Gasteiger partial charge in [0.25, 0.3) is 0 Å². The average Bonchev–Trinajstić information content (AvgIpc) is 2.14. The van der Waals surface area contributed by atoms with Crippen molar-refractivity contribution >= 4 is 0 Å². The molecule has 0 aromatic carbocycles. The molecule has 1 radical (unpaired) electrons. The van der Waals surface area contributed by atoms with E-state index in [1.54, 1.807) is 5.57 Å². The Morgan fingerprint density at radius 1 is 1.62 bits per heavy atom. The number of allylic oxidation sites excluding steroid dienone is 4. The van der Waals surface area contributed by atoms with Gasteiger partial charge in [0.15, 0.2) is 0 Å². The summed E-state index contributed by atoms with van der Waals surface area (Å²) < 4.78 is 0. The predicted molar refractivity (Wildman–Crippen MR) is 32.1 cm³/mol. The van der Waals surface area contributed by atoms with Crippen molar-refractivity contribution in [3.8, 4) is 0 Å². The molecule has 47 valence electrons. The smallest absolute Gasteiger partial charge is 0 e. The molecule has 0 heterocycles. The van der Waals surface area contributed by atoms with Crippen molar-refractivity contribution < 1.29 is 20.1 Å². The summed E-state index contributed by atoms with van der Waals surface area (Å²) in [6, 6.07) is 0. The molecule has 0 aromatic rings. The molecule has 0 atom stereocenters. The Bertz CT molecular complexity index is 112. The topological polar surface area (TPSA) is 0 Å². The first kappa shape index (κ1) is 8.13. The van der Waals surface area contributed by atoms with Crippen LogP contribution in [0.1, 0.15) is 19.8 Å². The number of rotatable bonds is 1. The van der Waals surface area contributed by atoms with Crippen LogP contribution in [0.5, 0.6) is 0 Å². The van der Waals surface area contributed by atoms with Gasteiger partial charge < -0.3 is 0 Å². The van der Waals surface area contributed by atoms with Crippen LogP contribution in [-0.4, -0.2) is 0 Å². The third kappa shape index (κ3) is 1.93. The Balaban J connectivity index is 0.000000490. The van der Waals surface area contributed by atoms with Gasteiger partial charge in [-0.15, -0.1) is 0 Å². The molecule has 0 fully saturated rings. The van der Waals surface area contributed by atoms with E-state index in [9.17, 15) is 0 Å². The van der Waals surface area contributed by atoms with Crippen LogP contribution in [0.2, 0.25) is 0 Å². The molecule has 0 spiro atoms. The van der Waals surface area contributed by atoms with Crippen LogP contribution in [0.25, 0.3) is 0 Å². The van der Waals surface area contributed by atoms with Gasteiger partial charge in [0.2, 0.25) is 0 Å². The fraction of sp³-hybridized carbons (Fsp3) is 0.429. The summed E-state index contributed by atoms with van der Waals surface area (Å²) >= 11 is 0. The van der Waals surface area contributed by atoms with Gasteiger partial charge in [0.1, 0.15) is 0 Å². The van der Waals surface area contributed by atoms with Gasteiger partial charge >= 0.3 is 0 Å². The molecule has 0 N–H and O–H groups in total. The van der Waals surface area contributed by atoms with E-state index in [-0.39, 0.29) is 20.1 Å². The molecule has 0 aliphatic heterocycles. The predicted octanol–water partition coefficient (Wildman–Crippen LogP) is 2.28. The first-order valence-corrected chi connectivity index (χ1v) is 2.78. The second-order valence-electron chi connectivity index (χ2n) is 1.81. The molecular weight excluding hydrogens is 276 g/mol. The third-order valence-electron chi connectivity index (χ3n) is 1.30. The standard InChI is InChI=1S/C7H10.Ir/c1-2-7-5-3-4-6-7;/h3-5H,2,6H2,1H3;. The van der Waals surface area contributed by atoms with Crippen molar-refractivity contribution in [3.05, 3.63) is 23.8 Å². The summed E-state index contributed by atoms with van der Waals surface area (Å²) in [6.07, 6.45) is 8.92. The maximum atomic E-state index is 2.19. The van der Waals surface area contributed by atoms with Crippen LogP contribution in [-0.2, 0) is 20.1 Å². The Morgan fingerprint density at radius 3 is 2.62 bits per heavy atom. The zero-order valence-corrected chi connectivity index (χ0v) is 7.37. The molecule has 1 aliphatic carbocycles. The maximum absolute atomic E-state index is 2.19. The molecule has 1 rings (SSSR count). The Hall–Kier alpha value is 0.129. The molecule has 0 unspecified atom stereocenters. The molecular formula is C7H10Ir. The molecule has 1 heteroatoms. The van der Waals surface area contributed by atoms with E-state index in [1.165, 1.54) is 12.8 Å². The molecule has 1 aliphatic rings. The van der Waals surface area contributed by atoms with E-state index in [2.05, 4.69) is 25.2 Å². The Labute approximate surface area is 64.0 Å². The molecule has 0 aromatic heterocycles. The summed E-state index contributed by atoms with van der Waals surface area (Å²) in [5.41, 5.74) is 1.56. The van der Waals surface area contributed by atoms with Gasteiger partial charge in [-0.1, -0.05) is 30.7 Å². The van der Waals surface area contributed by atoms with Crippen LogP contribution in [0, 0.1) is 0 Å². The summed E-state index contributed by atoms with van der Waals surface area (Å²) in [6.45, 7) is 2.19. The van der Waals surface area contributed by atoms with Gasteiger partial charge in [-0.05, 0) is 12.8 Å². The third-order valence-corrected chi connectivity index (χ3v) is 1.30. The van der Waals surface area contributed by atoms with Crippen molar-refractivity contribution in [2.75, 3.05) is 0 Å². The fourth-order valence-electron chi connectivity index (χ4n) is 0.754. The second kappa shape index (κ2) is 4.05. The number of hydrogen-bond donors (Lipinski definition) is 0. The monoisotopic (exact) mass is 287 g/mol. The fourth-order valence-corrected chi connectivity index (χ4v) is 0.754. The summed E-state index contributed by atoms with van der Waals surface area (Å²) in [5.74, 6) is 0. The van der Waals surface area contributed by atoms with Crippen LogP contribution >= 0.6 is 0 Å². The Kier molecular flexibility index (Phi) is 4.12. The van der Waals surface area contributed by atoms with Gasteiger partial charge in [-0.2, -0.15) is 0 Å². The number of hydrogen-bond acceptors (Lipinski definition) is 0. The van der Waals surface area contributed by atoms with Crippen LogP contribution in [0.15, 0.2) is 23.8 Å². The molecule has 0 bridgehead atoms. The Morgan fingerprint density at radius 2 is 2.38 bits per heavy atom. The largest absolute Gasteiger partial charge is 0.0805 e. The molecule has 0 saturated carbocycles.